The van der Waals surface area contributed by atoms with E-state index in [4.69, 9.17) is 14.2 Å². The van der Waals surface area contributed by atoms with Crippen molar-refractivity contribution >= 4 is 65.3 Å². The first-order valence-corrected chi connectivity index (χ1v) is 16.3. The third-order valence-corrected chi connectivity index (χ3v) is 8.17. The Morgan fingerprint density at radius 2 is 1.53 bits per heavy atom. The highest BCUT2D eigenvalue weighted by Gasteiger charge is 2.34. The van der Waals surface area contributed by atoms with Gasteiger partial charge in [-0.3, -0.25) is 14.4 Å². The number of thioether (sulfide) groups is 1. The average Bonchev–Trinajstić information content (AvgIpc) is 3.63. The number of H-pyrrole nitrogens is 1. The number of aromatic nitrogens is 1. The van der Waals surface area contributed by atoms with Crippen molar-refractivity contribution in [1.82, 2.24) is 10.3 Å². The molecule has 12 nitrogen and oxygen atoms in total. The largest absolute Gasteiger partial charge is 0.462 e. The zero-order valence-electron chi connectivity index (χ0n) is 27.4. The van der Waals surface area contributed by atoms with Crippen LogP contribution in [0.3, 0.4) is 0 Å². The van der Waals surface area contributed by atoms with Crippen LogP contribution < -0.4 is 10.6 Å². The Labute approximate surface area is 287 Å². The van der Waals surface area contributed by atoms with Crippen LogP contribution in [0.2, 0.25) is 0 Å². The molecule has 3 aromatic rings. The van der Waals surface area contributed by atoms with Crippen LogP contribution >= 0.6 is 11.8 Å². The van der Waals surface area contributed by atoms with Crippen molar-refractivity contribution in [1.29, 1.82) is 0 Å². The number of anilines is 1. The predicted molar refractivity (Wildman–Crippen MR) is 188 cm³/mol. The second kappa shape index (κ2) is 16.9. The molecule has 0 saturated heterocycles. The van der Waals surface area contributed by atoms with Gasteiger partial charge < -0.3 is 29.8 Å². The molecular formula is C36H36N4O8S. The molecular weight excluding hydrogens is 648 g/mol. The SMILES string of the molecule is C=CC(=O)NC1=N/C(=C\c2[nH]c(NC(=O)C(C)SC(C)OC=O)c(C(=O)OCC)c2-c2ccccc2)C(c2ccccc2)=C1C(=O)OCC. The zero-order valence-corrected chi connectivity index (χ0v) is 28.2. The standard InChI is InChI=1S/C36H36N4O8S/c1-6-27(42)39-32-30(35(44)46-7-2)28(23-15-11-9-12-16-23)25(37-32)19-26-29(24-17-13-10-14-18-24)31(36(45)47-8-3)33(38-26)40-34(43)21(4)49-22(5)48-20-41/h6,9-22,38H,1,7-8H2,2-5H3,(H,40,43)(H,37,39,42)/b25-19-. The highest BCUT2D eigenvalue weighted by molar-refractivity contribution is 8.01. The summed E-state index contributed by atoms with van der Waals surface area (Å²) in [7, 11) is 0. The fraction of sp³-hybridized carbons (Fsp3) is 0.222. The van der Waals surface area contributed by atoms with Crippen LogP contribution in [-0.4, -0.2) is 64.9 Å². The van der Waals surface area contributed by atoms with Crippen LogP contribution in [0.15, 0.2) is 89.6 Å². The summed E-state index contributed by atoms with van der Waals surface area (Å²) in [4.78, 5) is 71.5. The molecule has 0 fully saturated rings. The summed E-state index contributed by atoms with van der Waals surface area (Å²) in [6.07, 6.45) is 2.67. The molecule has 1 aromatic heterocycles. The monoisotopic (exact) mass is 684 g/mol. The van der Waals surface area contributed by atoms with Gasteiger partial charge in [-0.25, -0.2) is 14.6 Å². The van der Waals surface area contributed by atoms with Gasteiger partial charge in [0.25, 0.3) is 6.47 Å². The quantitative estimate of drug-likeness (QED) is 0.0653. The van der Waals surface area contributed by atoms with Crippen LogP contribution in [0, 0.1) is 0 Å². The maximum atomic E-state index is 13.6. The molecule has 0 bridgehead atoms. The molecule has 4 rings (SSSR count). The minimum atomic E-state index is -0.706. The van der Waals surface area contributed by atoms with E-state index in [0.29, 0.717) is 34.4 Å². The lowest BCUT2D eigenvalue weighted by Crippen LogP contribution is -2.32. The van der Waals surface area contributed by atoms with Crippen molar-refractivity contribution in [2.24, 2.45) is 4.99 Å². The molecule has 3 N–H and O–H groups in total. The van der Waals surface area contributed by atoms with Crippen LogP contribution in [0.1, 0.15) is 49.3 Å². The molecule has 2 heterocycles. The van der Waals surface area contributed by atoms with E-state index >= 15 is 0 Å². The molecule has 254 valence electrons. The van der Waals surface area contributed by atoms with Crippen molar-refractivity contribution in [3.63, 3.8) is 0 Å². The van der Waals surface area contributed by atoms with Gasteiger partial charge in [0.15, 0.2) is 0 Å². The number of benzene rings is 2. The molecule has 0 radical (unpaired) electrons. The normalized spacial score (nSPS) is 14.4. The lowest BCUT2D eigenvalue weighted by molar-refractivity contribution is -0.137. The van der Waals surface area contributed by atoms with Crippen molar-refractivity contribution in [3.8, 4) is 11.1 Å². The first kappa shape index (κ1) is 36.2. The summed E-state index contributed by atoms with van der Waals surface area (Å²) in [6, 6.07) is 18.0. The van der Waals surface area contributed by atoms with Gasteiger partial charge in [0.05, 0.1) is 29.9 Å². The number of amides is 2. The van der Waals surface area contributed by atoms with E-state index in [1.54, 1.807) is 82.3 Å². The van der Waals surface area contributed by atoms with E-state index in [1.165, 1.54) is 0 Å². The molecule has 1 aliphatic heterocycles. The summed E-state index contributed by atoms with van der Waals surface area (Å²) in [6.45, 7) is 10.6. The number of hydrogen-bond acceptors (Lipinski definition) is 10. The lowest BCUT2D eigenvalue weighted by atomic mass is 9.96. The number of ether oxygens (including phenoxy) is 3. The molecule has 2 unspecified atom stereocenters. The molecule has 1 aliphatic rings. The molecule has 2 atom stereocenters. The number of esters is 2. The number of nitrogens with zero attached hydrogens (tertiary/aromatic N) is 1. The number of aromatic amines is 1. The van der Waals surface area contributed by atoms with Crippen LogP contribution in [0.25, 0.3) is 22.8 Å². The van der Waals surface area contributed by atoms with Gasteiger partial charge in [-0.15, -0.1) is 11.8 Å². The number of amidine groups is 1. The number of carbonyl (C=O) groups excluding carboxylic acids is 5. The van der Waals surface area contributed by atoms with Gasteiger partial charge in [0.2, 0.25) is 11.8 Å². The van der Waals surface area contributed by atoms with Crippen molar-refractivity contribution in [3.05, 3.63) is 101 Å². The molecule has 2 aromatic carbocycles. The molecule has 0 spiro atoms. The third kappa shape index (κ3) is 8.62. The number of hydrogen-bond donors (Lipinski definition) is 3. The second-order valence-electron chi connectivity index (χ2n) is 10.3. The van der Waals surface area contributed by atoms with Gasteiger partial charge in [0, 0.05) is 11.1 Å². The molecule has 2 amide bonds. The van der Waals surface area contributed by atoms with Crippen LogP contribution in [-0.2, 0) is 33.4 Å². The van der Waals surface area contributed by atoms with Crippen LogP contribution in [0.4, 0.5) is 5.82 Å². The van der Waals surface area contributed by atoms with E-state index in [2.05, 4.69) is 27.2 Å². The first-order valence-electron chi connectivity index (χ1n) is 15.4. The lowest BCUT2D eigenvalue weighted by Gasteiger charge is -2.15. The maximum absolute atomic E-state index is 13.6. The first-order chi connectivity index (χ1) is 23.6. The van der Waals surface area contributed by atoms with Crippen molar-refractivity contribution in [2.75, 3.05) is 18.5 Å². The van der Waals surface area contributed by atoms with E-state index in [9.17, 15) is 24.0 Å². The number of carbonyl (C=O) groups is 5. The van der Waals surface area contributed by atoms with E-state index in [-0.39, 0.29) is 41.7 Å². The molecule has 0 saturated carbocycles. The Kier molecular flexibility index (Phi) is 12.5. The molecule has 49 heavy (non-hydrogen) atoms. The Bertz CT molecular complexity index is 1830. The van der Waals surface area contributed by atoms with Crippen molar-refractivity contribution in [2.45, 2.75) is 38.4 Å². The summed E-state index contributed by atoms with van der Waals surface area (Å²) >= 11 is 1.10. The van der Waals surface area contributed by atoms with Crippen LogP contribution in [0.5, 0.6) is 0 Å². The number of nitrogens with one attached hydrogen (secondary N) is 3. The highest BCUT2D eigenvalue weighted by atomic mass is 32.2. The second-order valence-corrected chi connectivity index (χ2v) is 12.0. The fourth-order valence-electron chi connectivity index (χ4n) is 4.99. The summed E-state index contributed by atoms with van der Waals surface area (Å²) in [5.74, 6) is -2.45. The smallest absolute Gasteiger partial charge is 0.342 e. The molecule has 0 aliphatic carbocycles. The predicted octanol–water partition coefficient (Wildman–Crippen LogP) is 5.51. The van der Waals surface area contributed by atoms with E-state index in [0.717, 1.165) is 17.8 Å². The highest BCUT2D eigenvalue weighted by Crippen LogP contribution is 2.40. The van der Waals surface area contributed by atoms with Crippen molar-refractivity contribution < 1.29 is 38.2 Å². The van der Waals surface area contributed by atoms with Gasteiger partial charge in [-0.2, -0.15) is 0 Å². The number of allylic oxidation sites excluding steroid dienone is 1. The molecule has 13 heteroatoms. The van der Waals surface area contributed by atoms with Gasteiger partial charge in [0.1, 0.15) is 28.2 Å². The van der Waals surface area contributed by atoms with Gasteiger partial charge in [-0.1, -0.05) is 67.2 Å². The van der Waals surface area contributed by atoms with E-state index in [1.807, 2.05) is 12.1 Å². The maximum Gasteiger partial charge on any atom is 0.342 e. The fourth-order valence-corrected chi connectivity index (χ4v) is 5.86. The Hall–Kier alpha value is -5.69. The van der Waals surface area contributed by atoms with Gasteiger partial charge in [-0.05, 0) is 51.0 Å². The Morgan fingerprint density at radius 1 is 0.918 bits per heavy atom. The third-order valence-electron chi connectivity index (χ3n) is 7.06. The Morgan fingerprint density at radius 3 is 2.12 bits per heavy atom. The Balaban J connectivity index is 1.99. The summed E-state index contributed by atoms with van der Waals surface area (Å²) in [5, 5.41) is 4.73. The number of aliphatic imine (C=N–C) groups is 1. The number of rotatable bonds is 14. The summed E-state index contributed by atoms with van der Waals surface area (Å²) in [5.41, 5.74) is 2.06. The zero-order chi connectivity index (χ0) is 35.5. The van der Waals surface area contributed by atoms with Gasteiger partial charge >= 0.3 is 11.9 Å². The van der Waals surface area contributed by atoms with E-state index < -0.39 is 34.4 Å². The minimum absolute atomic E-state index is 0.0268. The summed E-state index contributed by atoms with van der Waals surface area (Å²) < 4.78 is 15.7. The topological polar surface area (TPSA) is 165 Å². The minimum Gasteiger partial charge on any atom is -0.462 e. The average molecular weight is 685 g/mol.